The summed E-state index contributed by atoms with van der Waals surface area (Å²) in [5.74, 6) is 0.269. The van der Waals surface area contributed by atoms with Crippen LogP contribution in [0.25, 0.3) is 27.7 Å². The number of anilines is 1. The summed E-state index contributed by atoms with van der Waals surface area (Å²) >= 11 is 0. The monoisotopic (exact) mass is 418 g/mol. The normalized spacial score (nSPS) is 16.6. The van der Waals surface area contributed by atoms with E-state index in [-0.39, 0.29) is 28.8 Å². The van der Waals surface area contributed by atoms with Gasteiger partial charge < -0.3 is 5.73 Å². The number of nitrogens with two attached hydrogens (primary N) is 1. The van der Waals surface area contributed by atoms with Crippen LogP contribution >= 0.6 is 0 Å². The van der Waals surface area contributed by atoms with Crippen molar-refractivity contribution < 1.29 is 8.42 Å². The summed E-state index contributed by atoms with van der Waals surface area (Å²) in [5, 5.41) is 15.0. The molecule has 3 aromatic heterocycles. The van der Waals surface area contributed by atoms with Gasteiger partial charge in [-0.1, -0.05) is 18.2 Å². The largest absolute Gasteiger partial charge is 0.382 e. The molecule has 0 aliphatic carbocycles. The van der Waals surface area contributed by atoms with Crippen LogP contribution in [-0.2, 0) is 9.84 Å². The third kappa shape index (κ3) is 2.97. The minimum Gasteiger partial charge on any atom is -0.382 e. The number of benzene rings is 1. The molecule has 2 N–H and O–H groups in total. The van der Waals surface area contributed by atoms with E-state index in [1.165, 1.54) is 4.52 Å². The predicted molar refractivity (Wildman–Crippen MR) is 113 cm³/mol. The fourth-order valence-corrected chi connectivity index (χ4v) is 5.52. The molecule has 0 amide bonds. The van der Waals surface area contributed by atoms with Crippen LogP contribution < -0.4 is 5.73 Å². The van der Waals surface area contributed by atoms with Gasteiger partial charge in [0.25, 0.3) is 0 Å². The number of nitrogens with zero attached hydrogens (tertiary/aromatic N) is 5. The van der Waals surface area contributed by atoms with Crippen molar-refractivity contribution in [3.63, 3.8) is 0 Å². The Morgan fingerprint density at radius 3 is 2.70 bits per heavy atom. The highest BCUT2D eigenvalue weighted by atomic mass is 32.2. The molecular formula is C21H18N6O2S. The van der Waals surface area contributed by atoms with E-state index >= 15 is 0 Å². The van der Waals surface area contributed by atoms with Crippen molar-refractivity contribution in [2.45, 2.75) is 18.8 Å². The fourth-order valence-electron chi connectivity index (χ4n) is 4.03. The lowest BCUT2D eigenvalue weighted by Crippen LogP contribution is -2.24. The van der Waals surface area contributed by atoms with Crippen molar-refractivity contribution in [1.82, 2.24) is 19.6 Å². The van der Waals surface area contributed by atoms with Crippen LogP contribution in [0.3, 0.4) is 0 Å². The molecule has 4 heterocycles. The molecule has 1 fully saturated rings. The highest BCUT2D eigenvalue weighted by Gasteiger charge is 2.29. The topological polar surface area (TPSA) is 127 Å². The third-order valence-electron chi connectivity index (χ3n) is 5.67. The molecule has 8 nitrogen and oxygen atoms in total. The SMILES string of the molecule is N#Cc1c(C2CCS(=O)(=O)CC2)nc2c(-c3cnc4ccccc4c3)cnn2c1N. The van der Waals surface area contributed by atoms with E-state index in [0.29, 0.717) is 24.2 Å². The molecule has 1 aromatic carbocycles. The van der Waals surface area contributed by atoms with Crippen molar-refractivity contribution >= 4 is 32.2 Å². The minimum absolute atomic E-state index is 0.0933. The maximum atomic E-state index is 11.8. The second-order valence-corrected chi connectivity index (χ2v) is 9.81. The molecule has 9 heteroatoms. The van der Waals surface area contributed by atoms with Crippen LogP contribution in [0.1, 0.15) is 30.0 Å². The second kappa shape index (κ2) is 6.78. The van der Waals surface area contributed by atoms with Crippen molar-refractivity contribution in [2.24, 2.45) is 0 Å². The van der Waals surface area contributed by atoms with Crippen LogP contribution in [0.5, 0.6) is 0 Å². The van der Waals surface area contributed by atoms with Crippen molar-refractivity contribution in [2.75, 3.05) is 17.2 Å². The Kier molecular flexibility index (Phi) is 4.18. The van der Waals surface area contributed by atoms with Crippen molar-refractivity contribution in [1.29, 1.82) is 5.26 Å². The summed E-state index contributed by atoms with van der Waals surface area (Å²) in [5.41, 5.74) is 10.1. The van der Waals surface area contributed by atoms with E-state index in [9.17, 15) is 13.7 Å². The molecule has 30 heavy (non-hydrogen) atoms. The number of nitrogen functional groups attached to an aromatic ring is 1. The summed E-state index contributed by atoms with van der Waals surface area (Å²) < 4.78 is 25.1. The Bertz CT molecular complexity index is 1440. The zero-order valence-corrected chi connectivity index (χ0v) is 16.8. The van der Waals surface area contributed by atoms with E-state index in [2.05, 4.69) is 16.2 Å². The smallest absolute Gasteiger partial charge is 0.165 e. The van der Waals surface area contributed by atoms with Gasteiger partial charge in [0.15, 0.2) is 5.65 Å². The average Bonchev–Trinajstić information content (AvgIpc) is 3.18. The molecule has 0 spiro atoms. The Hall–Kier alpha value is -3.51. The molecule has 0 saturated carbocycles. The maximum absolute atomic E-state index is 11.8. The van der Waals surface area contributed by atoms with Gasteiger partial charge in [-0.3, -0.25) is 4.98 Å². The standard InChI is InChI=1S/C21H18N6O2S/c22-10-16-19(13-5-7-30(28,29)8-6-13)26-21-17(12-25-27(21)20(16)23)15-9-14-3-1-2-4-18(14)24-11-15/h1-4,9,11-13H,5-8,23H2. The van der Waals surface area contributed by atoms with Gasteiger partial charge in [-0.25, -0.2) is 13.4 Å². The summed E-state index contributed by atoms with van der Waals surface area (Å²) in [6.45, 7) is 0. The number of hydrogen-bond acceptors (Lipinski definition) is 7. The van der Waals surface area contributed by atoms with E-state index in [0.717, 1.165) is 22.0 Å². The molecule has 4 aromatic rings. The minimum atomic E-state index is -3.02. The molecular weight excluding hydrogens is 400 g/mol. The molecule has 5 rings (SSSR count). The first kappa shape index (κ1) is 18.5. The first-order valence-electron chi connectivity index (χ1n) is 9.59. The van der Waals surface area contributed by atoms with Crippen LogP contribution in [-0.4, -0.2) is 39.5 Å². The first-order chi connectivity index (χ1) is 14.5. The molecule has 150 valence electrons. The maximum Gasteiger partial charge on any atom is 0.165 e. The van der Waals surface area contributed by atoms with E-state index < -0.39 is 9.84 Å². The second-order valence-electron chi connectivity index (χ2n) is 7.51. The van der Waals surface area contributed by atoms with Gasteiger partial charge in [0.1, 0.15) is 27.3 Å². The Labute approximate surface area is 172 Å². The molecule has 0 radical (unpaired) electrons. The molecule has 0 bridgehead atoms. The van der Waals surface area contributed by atoms with Gasteiger partial charge in [-0.2, -0.15) is 14.9 Å². The number of sulfone groups is 1. The van der Waals surface area contributed by atoms with E-state index in [1.54, 1.807) is 12.4 Å². The van der Waals surface area contributed by atoms with E-state index in [4.69, 9.17) is 10.7 Å². The number of pyridine rings is 1. The number of fused-ring (bicyclic) bond motifs is 2. The lowest BCUT2D eigenvalue weighted by Gasteiger charge is -2.23. The van der Waals surface area contributed by atoms with Crippen LogP contribution in [0, 0.1) is 11.3 Å². The highest BCUT2D eigenvalue weighted by molar-refractivity contribution is 7.91. The lowest BCUT2D eigenvalue weighted by atomic mass is 9.95. The quantitative estimate of drug-likeness (QED) is 0.530. The average molecular weight is 418 g/mol. The van der Waals surface area contributed by atoms with Crippen molar-refractivity contribution in [3.8, 4) is 17.2 Å². The zero-order chi connectivity index (χ0) is 20.9. The third-order valence-corrected chi connectivity index (χ3v) is 7.38. The van der Waals surface area contributed by atoms with Gasteiger partial charge in [-0.05, 0) is 25.0 Å². The summed E-state index contributed by atoms with van der Waals surface area (Å²) in [6, 6.07) is 12.0. The first-order valence-corrected chi connectivity index (χ1v) is 11.4. The number of para-hydroxylation sites is 1. The Morgan fingerprint density at radius 1 is 1.17 bits per heavy atom. The van der Waals surface area contributed by atoms with Gasteiger partial charge in [0, 0.05) is 28.6 Å². The van der Waals surface area contributed by atoms with Crippen LogP contribution in [0.4, 0.5) is 5.82 Å². The summed E-state index contributed by atoms with van der Waals surface area (Å²) in [6.07, 6.45) is 4.30. The van der Waals surface area contributed by atoms with E-state index in [1.807, 2.05) is 30.3 Å². The number of hydrogen-bond donors (Lipinski definition) is 1. The molecule has 1 saturated heterocycles. The molecule has 1 aliphatic rings. The number of nitriles is 1. The predicted octanol–water partition coefficient (Wildman–Crippen LogP) is 2.69. The van der Waals surface area contributed by atoms with Crippen LogP contribution in [0.2, 0.25) is 0 Å². The summed E-state index contributed by atoms with van der Waals surface area (Å²) in [4.78, 5) is 9.28. The molecule has 0 atom stereocenters. The number of aromatic nitrogens is 4. The Morgan fingerprint density at radius 2 is 1.93 bits per heavy atom. The Balaban J connectivity index is 1.68. The fraction of sp³-hybridized carbons (Fsp3) is 0.238. The van der Waals surface area contributed by atoms with Gasteiger partial charge in [0.2, 0.25) is 0 Å². The van der Waals surface area contributed by atoms with Crippen molar-refractivity contribution in [3.05, 3.63) is 54.0 Å². The summed E-state index contributed by atoms with van der Waals surface area (Å²) in [7, 11) is -3.02. The number of rotatable bonds is 2. The lowest BCUT2D eigenvalue weighted by molar-refractivity contribution is 0.544. The van der Waals surface area contributed by atoms with Gasteiger partial charge in [0.05, 0.1) is 28.9 Å². The molecule has 0 unspecified atom stereocenters. The zero-order valence-electron chi connectivity index (χ0n) is 16.0. The van der Waals surface area contributed by atoms with Gasteiger partial charge >= 0.3 is 0 Å². The molecule has 1 aliphatic heterocycles. The highest BCUT2D eigenvalue weighted by Crippen LogP contribution is 2.34. The van der Waals surface area contributed by atoms with Crippen LogP contribution in [0.15, 0.2) is 42.7 Å². The van der Waals surface area contributed by atoms with Gasteiger partial charge in [-0.15, -0.1) is 0 Å².